The van der Waals surface area contributed by atoms with E-state index in [1.165, 1.54) is 12.1 Å². The highest BCUT2D eigenvalue weighted by atomic mass is 16.3. The first-order chi connectivity index (χ1) is 8.06. The number of aromatic hydroxyl groups is 1. The second-order valence-corrected chi connectivity index (χ2v) is 4.02. The first-order valence-corrected chi connectivity index (χ1v) is 5.31. The first kappa shape index (κ1) is 11.3. The number of fused-ring (bicyclic) bond motifs is 1. The predicted molar refractivity (Wildman–Crippen MR) is 64.2 cm³/mol. The number of ketones is 2. The molecule has 2 rings (SSSR count). The van der Waals surface area contributed by atoms with E-state index >= 15 is 0 Å². The molecule has 0 radical (unpaired) electrons. The molecule has 3 heteroatoms. The summed E-state index contributed by atoms with van der Waals surface area (Å²) in [6.07, 6.45) is 2.90. The lowest BCUT2D eigenvalue weighted by Gasteiger charge is -2.18. The number of carbonyl (C=O) groups excluding carboxylic acids is 2. The van der Waals surface area contributed by atoms with Gasteiger partial charge in [-0.3, -0.25) is 9.59 Å². The van der Waals surface area contributed by atoms with Gasteiger partial charge in [-0.25, -0.2) is 0 Å². The van der Waals surface area contributed by atoms with Gasteiger partial charge < -0.3 is 5.11 Å². The first-order valence-electron chi connectivity index (χ1n) is 5.31. The average Bonchev–Trinajstić information content (AvgIpc) is 2.32. The van der Waals surface area contributed by atoms with Crippen molar-refractivity contribution in [3.63, 3.8) is 0 Å². The normalized spacial score (nSPS) is 16.2. The molecule has 0 saturated carbocycles. The van der Waals surface area contributed by atoms with E-state index in [2.05, 4.69) is 6.58 Å². The fraction of sp³-hybridized carbons (Fsp3) is 0.143. The quantitative estimate of drug-likeness (QED) is 0.791. The Morgan fingerprint density at radius 2 is 2.06 bits per heavy atom. The van der Waals surface area contributed by atoms with E-state index < -0.39 is 0 Å². The van der Waals surface area contributed by atoms with Crippen molar-refractivity contribution < 1.29 is 14.7 Å². The zero-order valence-electron chi connectivity index (χ0n) is 9.43. The van der Waals surface area contributed by atoms with Crippen LogP contribution < -0.4 is 0 Å². The van der Waals surface area contributed by atoms with E-state index in [0.29, 0.717) is 5.57 Å². The van der Waals surface area contributed by atoms with Gasteiger partial charge in [0.05, 0.1) is 5.56 Å². The maximum absolute atomic E-state index is 12.1. The highest BCUT2D eigenvalue weighted by Gasteiger charge is 2.29. The van der Waals surface area contributed by atoms with Crippen molar-refractivity contribution in [2.75, 3.05) is 0 Å². The number of allylic oxidation sites excluding steroid dienone is 3. The number of rotatable bonds is 2. The van der Waals surface area contributed by atoms with Crippen LogP contribution in [0.3, 0.4) is 0 Å². The van der Waals surface area contributed by atoms with Crippen LogP contribution in [0.15, 0.2) is 42.5 Å². The van der Waals surface area contributed by atoms with E-state index in [4.69, 9.17) is 0 Å². The highest BCUT2D eigenvalue weighted by molar-refractivity contribution is 6.25. The molecule has 1 aromatic rings. The van der Waals surface area contributed by atoms with Crippen LogP contribution in [0.5, 0.6) is 5.75 Å². The van der Waals surface area contributed by atoms with Gasteiger partial charge in [-0.1, -0.05) is 25.1 Å². The van der Waals surface area contributed by atoms with Gasteiger partial charge in [-0.15, -0.1) is 6.58 Å². The maximum atomic E-state index is 12.1. The van der Waals surface area contributed by atoms with Crippen LogP contribution in [0, 0.1) is 5.92 Å². The Hall–Kier alpha value is -2.16. The Balaban J connectivity index is 2.61. The number of phenolic OH excluding ortho intramolecular Hbond substituents is 1. The summed E-state index contributed by atoms with van der Waals surface area (Å²) >= 11 is 0. The molecule has 0 bridgehead atoms. The Morgan fingerprint density at radius 3 is 2.71 bits per heavy atom. The average molecular weight is 228 g/mol. The topological polar surface area (TPSA) is 54.4 Å². The summed E-state index contributed by atoms with van der Waals surface area (Å²) in [5, 5.41) is 9.60. The van der Waals surface area contributed by atoms with Crippen molar-refractivity contribution >= 4 is 11.6 Å². The molecular weight excluding hydrogens is 216 g/mol. The molecule has 86 valence electrons. The zero-order valence-corrected chi connectivity index (χ0v) is 9.43. The molecule has 1 unspecified atom stereocenters. The summed E-state index contributed by atoms with van der Waals surface area (Å²) in [6, 6.07) is 4.51. The molecular formula is C14H12O3. The van der Waals surface area contributed by atoms with Gasteiger partial charge >= 0.3 is 0 Å². The molecule has 17 heavy (non-hydrogen) atoms. The van der Waals surface area contributed by atoms with Gasteiger partial charge in [0.25, 0.3) is 0 Å². The highest BCUT2D eigenvalue weighted by Crippen LogP contribution is 2.30. The second kappa shape index (κ2) is 4.01. The Bertz CT molecular complexity index is 553. The Kier molecular flexibility index (Phi) is 2.68. The zero-order chi connectivity index (χ0) is 12.6. The third-order valence-corrected chi connectivity index (χ3v) is 2.93. The summed E-state index contributed by atoms with van der Waals surface area (Å²) in [6.45, 7) is 5.42. The van der Waals surface area contributed by atoms with Gasteiger partial charge in [0.15, 0.2) is 11.6 Å². The molecule has 3 nitrogen and oxygen atoms in total. The number of Topliss-reactive ketones (excluding diaryl/α,β-unsaturated/α-hetero) is 1. The van der Waals surface area contributed by atoms with Crippen LogP contribution in [0.25, 0.3) is 0 Å². The van der Waals surface area contributed by atoms with Crippen LogP contribution in [0.2, 0.25) is 0 Å². The lowest BCUT2D eigenvalue weighted by atomic mass is 9.84. The SMILES string of the molecule is C=CC(C)C1=CC(=O)c2c(O)cccc2C1=O. The van der Waals surface area contributed by atoms with Crippen LogP contribution in [0.1, 0.15) is 27.6 Å². The van der Waals surface area contributed by atoms with Crippen molar-refractivity contribution in [2.24, 2.45) is 5.92 Å². The van der Waals surface area contributed by atoms with E-state index in [-0.39, 0.29) is 34.4 Å². The lowest BCUT2D eigenvalue weighted by Crippen LogP contribution is -2.20. The third-order valence-electron chi connectivity index (χ3n) is 2.93. The van der Waals surface area contributed by atoms with Crippen molar-refractivity contribution in [1.82, 2.24) is 0 Å². The lowest BCUT2D eigenvalue weighted by molar-refractivity contribution is 0.0976. The summed E-state index contributed by atoms with van der Waals surface area (Å²) < 4.78 is 0. The molecule has 0 spiro atoms. The molecule has 0 aromatic heterocycles. The van der Waals surface area contributed by atoms with E-state index in [9.17, 15) is 14.7 Å². The van der Waals surface area contributed by atoms with Gasteiger partial charge in [0.2, 0.25) is 0 Å². The maximum Gasteiger partial charge on any atom is 0.190 e. The van der Waals surface area contributed by atoms with Crippen LogP contribution >= 0.6 is 0 Å². The smallest absolute Gasteiger partial charge is 0.190 e. The minimum Gasteiger partial charge on any atom is -0.507 e. The molecule has 0 amide bonds. The number of phenols is 1. The van der Waals surface area contributed by atoms with E-state index in [0.717, 1.165) is 0 Å². The third kappa shape index (κ3) is 1.69. The molecule has 0 saturated heterocycles. The fourth-order valence-electron chi connectivity index (χ4n) is 1.89. The van der Waals surface area contributed by atoms with Crippen molar-refractivity contribution in [2.45, 2.75) is 6.92 Å². The number of benzene rings is 1. The number of hydrogen-bond acceptors (Lipinski definition) is 3. The molecule has 0 fully saturated rings. The van der Waals surface area contributed by atoms with Crippen LogP contribution in [0.4, 0.5) is 0 Å². The fourth-order valence-corrected chi connectivity index (χ4v) is 1.89. The molecule has 1 atom stereocenters. The molecule has 0 aliphatic heterocycles. The van der Waals surface area contributed by atoms with Crippen LogP contribution in [-0.2, 0) is 0 Å². The standard InChI is InChI=1S/C14H12O3/c1-3-8(2)10-7-12(16)13-9(14(10)17)5-4-6-11(13)15/h3-8,15H,1H2,2H3. The van der Waals surface area contributed by atoms with Crippen LogP contribution in [-0.4, -0.2) is 16.7 Å². The van der Waals surface area contributed by atoms with E-state index in [1.807, 2.05) is 0 Å². The molecule has 1 N–H and O–H groups in total. The summed E-state index contributed by atoms with van der Waals surface area (Å²) in [5.41, 5.74) is 0.779. The second-order valence-electron chi connectivity index (χ2n) is 4.02. The monoisotopic (exact) mass is 228 g/mol. The minimum absolute atomic E-state index is 0.0949. The van der Waals surface area contributed by atoms with Gasteiger partial charge in [-0.2, -0.15) is 0 Å². The van der Waals surface area contributed by atoms with Gasteiger partial charge in [-0.05, 0) is 12.1 Å². The van der Waals surface area contributed by atoms with E-state index in [1.54, 1.807) is 25.1 Å². The largest absolute Gasteiger partial charge is 0.507 e. The predicted octanol–water partition coefficient (Wildman–Crippen LogP) is 2.52. The summed E-state index contributed by atoms with van der Waals surface area (Å²) in [4.78, 5) is 24.0. The summed E-state index contributed by atoms with van der Waals surface area (Å²) in [7, 11) is 0. The van der Waals surface area contributed by atoms with Gasteiger partial charge in [0.1, 0.15) is 5.75 Å². The molecule has 1 aliphatic carbocycles. The minimum atomic E-state index is -0.332. The molecule has 0 heterocycles. The Labute approximate surface area is 99.1 Å². The molecule has 1 aliphatic rings. The number of hydrogen-bond donors (Lipinski definition) is 1. The summed E-state index contributed by atoms with van der Waals surface area (Å²) in [5.74, 6) is -0.881. The Morgan fingerprint density at radius 1 is 1.35 bits per heavy atom. The van der Waals surface area contributed by atoms with Crippen molar-refractivity contribution in [1.29, 1.82) is 0 Å². The van der Waals surface area contributed by atoms with Crippen molar-refractivity contribution in [3.8, 4) is 5.75 Å². The van der Waals surface area contributed by atoms with Gasteiger partial charge in [0, 0.05) is 17.1 Å². The van der Waals surface area contributed by atoms with Crippen molar-refractivity contribution in [3.05, 3.63) is 53.6 Å². The molecule has 1 aromatic carbocycles. The number of carbonyl (C=O) groups is 2.